The molecule has 0 saturated heterocycles. The average Bonchev–Trinajstić information content (AvgIpc) is 2.95. The molecule has 0 heterocycles. The van der Waals surface area contributed by atoms with Crippen LogP contribution in [0.2, 0.25) is 0 Å². The zero-order valence-corrected chi connectivity index (χ0v) is 22.9. The summed E-state index contributed by atoms with van der Waals surface area (Å²) in [5.74, 6) is 0.210. The molecule has 0 aliphatic rings. The van der Waals surface area contributed by atoms with Gasteiger partial charge in [-0.15, -0.1) is 0 Å². The number of esters is 1. The van der Waals surface area contributed by atoms with Gasteiger partial charge in [0.2, 0.25) is 0 Å². The van der Waals surface area contributed by atoms with Crippen LogP contribution in [-0.2, 0) is 40.5 Å². The van der Waals surface area contributed by atoms with Crippen LogP contribution < -0.4 is 10.1 Å². The van der Waals surface area contributed by atoms with E-state index >= 15 is 0 Å². The third kappa shape index (κ3) is 8.62. The lowest BCUT2D eigenvalue weighted by Crippen LogP contribution is -2.43. The third-order valence-electron chi connectivity index (χ3n) is 5.69. The van der Waals surface area contributed by atoms with Gasteiger partial charge in [-0.1, -0.05) is 97.1 Å². The van der Waals surface area contributed by atoms with Gasteiger partial charge in [0.15, 0.2) is 0 Å². The Morgan fingerprint density at radius 3 is 1.74 bits per heavy atom. The Hall–Kier alpha value is -3.85. The van der Waals surface area contributed by atoms with Crippen molar-refractivity contribution in [2.45, 2.75) is 32.3 Å². The molecule has 4 rings (SSSR count). The van der Waals surface area contributed by atoms with Crippen molar-refractivity contribution in [2.75, 3.05) is 0 Å². The monoisotopic (exact) mass is 621 g/mol. The molecule has 0 spiro atoms. The molecule has 0 aromatic heterocycles. The Balaban J connectivity index is 1.40. The van der Waals surface area contributed by atoms with E-state index < -0.39 is 18.1 Å². The summed E-state index contributed by atoms with van der Waals surface area (Å²) < 4.78 is 17.7. The normalized spacial score (nSPS) is 11.3. The quantitative estimate of drug-likeness (QED) is 0.154. The van der Waals surface area contributed by atoms with Crippen molar-refractivity contribution >= 4 is 34.7 Å². The Morgan fingerprint density at radius 1 is 0.658 bits per heavy atom. The van der Waals surface area contributed by atoms with E-state index in [-0.39, 0.29) is 19.6 Å². The highest BCUT2D eigenvalue weighted by Gasteiger charge is 2.24. The fraction of sp³-hybridized carbons (Fsp3) is 0.161. The van der Waals surface area contributed by atoms with Crippen LogP contribution in [0.4, 0.5) is 4.79 Å². The lowest BCUT2D eigenvalue weighted by atomic mass is 10.1. The Morgan fingerprint density at radius 2 is 1.18 bits per heavy atom. The van der Waals surface area contributed by atoms with Gasteiger partial charge in [0, 0.05) is 6.42 Å². The summed E-state index contributed by atoms with van der Waals surface area (Å²) in [6, 6.07) is 33.5. The number of carbonyl (C=O) groups excluding carboxylic acids is 2. The second kappa shape index (κ2) is 14.2. The van der Waals surface area contributed by atoms with E-state index in [1.165, 1.54) is 0 Å². The summed E-state index contributed by atoms with van der Waals surface area (Å²) in [6.07, 6.45) is -0.448. The van der Waals surface area contributed by atoms with Crippen molar-refractivity contribution in [1.29, 1.82) is 0 Å². The van der Waals surface area contributed by atoms with Gasteiger partial charge in [-0.25, -0.2) is 9.59 Å². The maximum Gasteiger partial charge on any atom is 0.408 e. The molecule has 0 aliphatic heterocycles. The Kier molecular flexibility index (Phi) is 10.1. The lowest BCUT2D eigenvalue weighted by Gasteiger charge is -2.18. The van der Waals surface area contributed by atoms with Crippen molar-refractivity contribution in [2.24, 2.45) is 0 Å². The van der Waals surface area contributed by atoms with Gasteiger partial charge in [-0.3, -0.25) is 0 Å². The van der Waals surface area contributed by atoms with Gasteiger partial charge < -0.3 is 19.5 Å². The maximum absolute atomic E-state index is 13.0. The number of nitrogens with one attached hydrogen (secondary N) is 1. The number of hydrogen-bond acceptors (Lipinski definition) is 5. The van der Waals surface area contributed by atoms with Gasteiger partial charge >= 0.3 is 12.1 Å². The molecule has 1 amide bonds. The molecular weight excluding hydrogens is 593 g/mol. The molecule has 4 aromatic carbocycles. The molecule has 194 valence electrons. The first-order chi connectivity index (χ1) is 18.6. The van der Waals surface area contributed by atoms with Crippen LogP contribution in [0.5, 0.6) is 5.75 Å². The largest absolute Gasteiger partial charge is 0.488 e. The molecule has 38 heavy (non-hydrogen) atoms. The second-order valence-electron chi connectivity index (χ2n) is 8.60. The molecule has 1 atom stereocenters. The lowest BCUT2D eigenvalue weighted by molar-refractivity contribution is -0.147. The molecule has 0 saturated carbocycles. The van der Waals surface area contributed by atoms with Crippen LogP contribution in [0.3, 0.4) is 0 Å². The van der Waals surface area contributed by atoms with Crippen molar-refractivity contribution in [3.63, 3.8) is 0 Å². The van der Waals surface area contributed by atoms with Gasteiger partial charge in [0.1, 0.15) is 31.6 Å². The zero-order valence-electron chi connectivity index (χ0n) is 20.7. The SMILES string of the molecule is O=C(N[C@@H](Cc1ccc(OCc2ccccc2)c(I)c1)C(=O)OCc1ccccc1)OCc1ccccc1. The highest BCUT2D eigenvalue weighted by Crippen LogP contribution is 2.24. The number of alkyl carbamates (subject to hydrolysis) is 1. The molecule has 0 fully saturated rings. The van der Waals surface area contributed by atoms with Crippen LogP contribution in [0.1, 0.15) is 22.3 Å². The van der Waals surface area contributed by atoms with E-state index in [1.54, 1.807) is 0 Å². The Labute approximate surface area is 236 Å². The van der Waals surface area contributed by atoms with Crippen molar-refractivity contribution in [3.05, 3.63) is 135 Å². The first kappa shape index (κ1) is 27.2. The predicted octanol–water partition coefficient (Wildman–Crippen LogP) is 6.45. The molecule has 0 bridgehead atoms. The topological polar surface area (TPSA) is 73.9 Å². The third-order valence-corrected chi connectivity index (χ3v) is 6.53. The summed E-state index contributed by atoms with van der Waals surface area (Å²) >= 11 is 2.21. The zero-order chi connectivity index (χ0) is 26.6. The minimum absolute atomic E-state index is 0.101. The Bertz CT molecular complexity index is 1320. The van der Waals surface area contributed by atoms with Gasteiger partial charge in [0.05, 0.1) is 3.57 Å². The number of carbonyl (C=O) groups is 2. The van der Waals surface area contributed by atoms with Crippen molar-refractivity contribution < 1.29 is 23.8 Å². The van der Waals surface area contributed by atoms with E-state index in [0.717, 1.165) is 31.6 Å². The van der Waals surface area contributed by atoms with Crippen LogP contribution in [0.25, 0.3) is 0 Å². The predicted molar refractivity (Wildman–Crippen MR) is 153 cm³/mol. The van der Waals surface area contributed by atoms with Crippen LogP contribution in [-0.4, -0.2) is 18.1 Å². The van der Waals surface area contributed by atoms with Gasteiger partial charge in [0.25, 0.3) is 0 Å². The standard InChI is InChI=1S/C31H28INO5/c32-27-18-26(16-17-29(27)36-20-23-10-4-1-5-11-23)19-28(30(34)37-21-24-12-6-2-7-13-24)33-31(35)38-22-25-14-8-3-9-15-25/h1-18,28H,19-22H2,(H,33,35)/t28-/m0/s1. The molecular formula is C31H28INO5. The molecule has 0 unspecified atom stereocenters. The molecule has 0 aliphatic carbocycles. The van der Waals surface area contributed by atoms with Crippen LogP contribution in [0.15, 0.2) is 109 Å². The smallest absolute Gasteiger partial charge is 0.408 e. The maximum atomic E-state index is 13.0. The van der Waals surface area contributed by atoms with Gasteiger partial charge in [-0.2, -0.15) is 0 Å². The highest BCUT2D eigenvalue weighted by molar-refractivity contribution is 14.1. The molecule has 0 radical (unpaired) electrons. The number of ether oxygens (including phenoxy) is 3. The summed E-state index contributed by atoms with van der Waals surface area (Å²) in [5.41, 5.74) is 3.64. The summed E-state index contributed by atoms with van der Waals surface area (Å²) in [4.78, 5) is 25.6. The van der Waals surface area contributed by atoms with E-state index in [0.29, 0.717) is 6.61 Å². The van der Waals surface area contributed by atoms with Gasteiger partial charge in [-0.05, 0) is 57.0 Å². The van der Waals surface area contributed by atoms with E-state index in [4.69, 9.17) is 14.2 Å². The number of hydrogen-bond donors (Lipinski definition) is 1. The number of benzene rings is 4. The van der Waals surface area contributed by atoms with Crippen LogP contribution in [0, 0.1) is 3.57 Å². The fourth-order valence-electron chi connectivity index (χ4n) is 3.69. The minimum atomic E-state index is -0.922. The van der Waals surface area contributed by atoms with Crippen LogP contribution >= 0.6 is 22.6 Å². The second-order valence-corrected chi connectivity index (χ2v) is 9.76. The summed E-state index contributed by atoms with van der Waals surface area (Å²) in [7, 11) is 0. The first-order valence-electron chi connectivity index (χ1n) is 12.2. The van der Waals surface area contributed by atoms with E-state index in [1.807, 2.05) is 109 Å². The number of rotatable bonds is 11. The number of halogens is 1. The minimum Gasteiger partial charge on any atom is -0.488 e. The molecule has 7 heteroatoms. The van der Waals surface area contributed by atoms with Crippen molar-refractivity contribution in [1.82, 2.24) is 5.32 Å². The molecule has 1 N–H and O–H groups in total. The highest BCUT2D eigenvalue weighted by atomic mass is 127. The fourth-order valence-corrected chi connectivity index (χ4v) is 4.42. The van der Waals surface area contributed by atoms with Crippen molar-refractivity contribution in [3.8, 4) is 5.75 Å². The summed E-state index contributed by atoms with van der Waals surface area (Å²) in [6.45, 7) is 0.671. The van der Waals surface area contributed by atoms with E-state index in [9.17, 15) is 9.59 Å². The molecule has 4 aromatic rings. The summed E-state index contributed by atoms with van der Waals surface area (Å²) in [5, 5.41) is 2.68. The van der Waals surface area contributed by atoms with E-state index in [2.05, 4.69) is 27.9 Å². The average molecular weight is 621 g/mol. The molecule has 6 nitrogen and oxygen atoms in total. The number of amides is 1. The first-order valence-corrected chi connectivity index (χ1v) is 13.3.